The second kappa shape index (κ2) is 6.91. The summed E-state index contributed by atoms with van der Waals surface area (Å²) >= 11 is 0. The van der Waals surface area contributed by atoms with E-state index in [1.165, 1.54) is 16.7 Å². The summed E-state index contributed by atoms with van der Waals surface area (Å²) in [5.74, 6) is 0. The molecule has 0 aliphatic heterocycles. The Kier molecular flexibility index (Phi) is 4.93. The first kappa shape index (κ1) is 13.6. The fourth-order valence-corrected chi connectivity index (χ4v) is 2.14. The molecule has 0 saturated heterocycles. The lowest BCUT2D eigenvalue weighted by molar-refractivity contribution is 0.110. The number of hydrogen-bond donors (Lipinski definition) is 0. The molecule has 1 atom stereocenters. The molecule has 0 aromatic heterocycles. The van der Waals surface area contributed by atoms with E-state index >= 15 is 0 Å². The number of ether oxygens (including phenoxy) is 1. The van der Waals surface area contributed by atoms with Crippen molar-refractivity contribution in [3.8, 4) is 0 Å². The van der Waals surface area contributed by atoms with Crippen LogP contribution >= 0.6 is 0 Å². The van der Waals surface area contributed by atoms with Gasteiger partial charge in [-0.05, 0) is 36.6 Å². The Labute approximate surface area is 115 Å². The standard InChI is InChI=1S/C18H20O/c1-3-19-15(2)14-18(16-10-6-4-7-11-16)17-12-8-5-9-13-17/h4-15H,3H2,1-2H3. The average Bonchev–Trinajstić information content (AvgIpc) is 2.47. The number of benzene rings is 2. The summed E-state index contributed by atoms with van der Waals surface area (Å²) in [6.07, 6.45) is 2.30. The molecule has 0 N–H and O–H groups in total. The molecule has 0 aliphatic carbocycles. The summed E-state index contributed by atoms with van der Waals surface area (Å²) in [6.45, 7) is 4.83. The maximum absolute atomic E-state index is 5.64. The van der Waals surface area contributed by atoms with E-state index < -0.39 is 0 Å². The molecule has 0 bridgehead atoms. The van der Waals surface area contributed by atoms with Gasteiger partial charge in [-0.25, -0.2) is 0 Å². The van der Waals surface area contributed by atoms with Crippen LogP contribution in [0, 0.1) is 0 Å². The first-order valence-electron chi connectivity index (χ1n) is 6.75. The van der Waals surface area contributed by atoms with Gasteiger partial charge in [-0.2, -0.15) is 0 Å². The molecule has 19 heavy (non-hydrogen) atoms. The van der Waals surface area contributed by atoms with Gasteiger partial charge in [0.05, 0.1) is 6.10 Å². The van der Waals surface area contributed by atoms with E-state index in [1.807, 2.05) is 19.1 Å². The molecule has 1 unspecified atom stereocenters. The van der Waals surface area contributed by atoms with Crippen LogP contribution in [-0.2, 0) is 4.74 Å². The van der Waals surface area contributed by atoms with Crippen LogP contribution in [0.15, 0.2) is 66.7 Å². The van der Waals surface area contributed by atoms with Crippen molar-refractivity contribution in [1.82, 2.24) is 0 Å². The topological polar surface area (TPSA) is 9.23 Å². The molecule has 0 aliphatic rings. The van der Waals surface area contributed by atoms with E-state index in [2.05, 4.69) is 61.5 Å². The van der Waals surface area contributed by atoms with E-state index in [0.717, 1.165) is 6.61 Å². The van der Waals surface area contributed by atoms with Crippen molar-refractivity contribution in [1.29, 1.82) is 0 Å². The van der Waals surface area contributed by atoms with Crippen molar-refractivity contribution >= 4 is 5.57 Å². The normalized spacial score (nSPS) is 11.9. The SMILES string of the molecule is CCOC(C)C=C(c1ccccc1)c1ccccc1. The first-order valence-corrected chi connectivity index (χ1v) is 6.75. The van der Waals surface area contributed by atoms with Gasteiger partial charge in [0.1, 0.15) is 0 Å². The van der Waals surface area contributed by atoms with Crippen LogP contribution in [0.1, 0.15) is 25.0 Å². The highest BCUT2D eigenvalue weighted by Gasteiger charge is 2.06. The minimum atomic E-state index is 0.111. The second-order valence-corrected chi connectivity index (χ2v) is 4.47. The fraction of sp³-hybridized carbons (Fsp3) is 0.222. The molecular weight excluding hydrogens is 232 g/mol. The van der Waals surface area contributed by atoms with Gasteiger partial charge >= 0.3 is 0 Å². The van der Waals surface area contributed by atoms with Crippen LogP contribution in [-0.4, -0.2) is 12.7 Å². The predicted molar refractivity (Wildman–Crippen MR) is 81.1 cm³/mol. The molecule has 0 saturated carbocycles. The Bertz CT molecular complexity index is 472. The maximum Gasteiger partial charge on any atom is 0.0736 e. The molecular formula is C18H20O. The third-order valence-corrected chi connectivity index (χ3v) is 3.00. The molecule has 0 heterocycles. The molecule has 0 spiro atoms. The molecule has 98 valence electrons. The Balaban J connectivity index is 2.40. The Hall–Kier alpha value is -1.86. The van der Waals surface area contributed by atoms with Crippen molar-refractivity contribution in [3.63, 3.8) is 0 Å². The number of hydrogen-bond acceptors (Lipinski definition) is 1. The second-order valence-electron chi connectivity index (χ2n) is 4.47. The van der Waals surface area contributed by atoms with Gasteiger partial charge in [0.2, 0.25) is 0 Å². The summed E-state index contributed by atoms with van der Waals surface area (Å²) in [5, 5.41) is 0. The minimum absolute atomic E-state index is 0.111. The van der Waals surface area contributed by atoms with E-state index in [-0.39, 0.29) is 6.10 Å². The average molecular weight is 252 g/mol. The van der Waals surface area contributed by atoms with Crippen LogP contribution in [0.4, 0.5) is 0 Å². The van der Waals surface area contributed by atoms with Gasteiger partial charge in [0, 0.05) is 6.61 Å². The van der Waals surface area contributed by atoms with Gasteiger partial charge in [0.25, 0.3) is 0 Å². The zero-order valence-corrected chi connectivity index (χ0v) is 11.5. The molecule has 0 amide bonds. The van der Waals surface area contributed by atoms with Gasteiger partial charge in [-0.15, -0.1) is 0 Å². The monoisotopic (exact) mass is 252 g/mol. The Morgan fingerprint density at radius 3 is 1.84 bits per heavy atom. The lowest BCUT2D eigenvalue weighted by Crippen LogP contribution is -2.05. The molecule has 2 aromatic carbocycles. The van der Waals surface area contributed by atoms with Crippen LogP contribution in [0.25, 0.3) is 5.57 Å². The molecule has 2 aromatic rings. The predicted octanol–water partition coefficient (Wildman–Crippen LogP) is 4.54. The van der Waals surface area contributed by atoms with Crippen LogP contribution < -0.4 is 0 Å². The van der Waals surface area contributed by atoms with Crippen molar-refractivity contribution in [2.45, 2.75) is 20.0 Å². The highest BCUT2D eigenvalue weighted by molar-refractivity contribution is 5.79. The lowest BCUT2D eigenvalue weighted by atomic mass is 9.96. The zero-order chi connectivity index (χ0) is 13.5. The third-order valence-electron chi connectivity index (χ3n) is 3.00. The smallest absolute Gasteiger partial charge is 0.0736 e. The van der Waals surface area contributed by atoms with Crippen LogP contribution in [0.5, 0.6) is 0 Å². The zero-order valence-electron chi connectivity index (χ0n) is 11.5. The van der Waals surface area contributed by atoms with Crippen molar-refractivity contribution < 1.29 is 4.74 Å². The highest BCUT2D eigenvalue weighted by atomic mass is 16.5. The van der Waals surface area contributed by atoms with Crippen LogP contribution in [0.2, 0.25) is 0 Å². The molecule has 1 nitrogen and oxygen atoms in total. The number of rotatable bonds is 5. The van der Waals surface area contributed by atoms with Gasteiger partial charge in [0.15, 0.2) is 0 Å². The molecule has 0 radical (unpaired) electrons. The van der Waals surface area contributed by atoms with E-state index in [1.54, 1.807) is 0 Å². The minimum Gasteiger partial charge on any atom is -0.375 e. The summed E-state index contributed by atoms with van der Waals surface area (Å²) in [5.41, 5.74) is 3.67. The van der Waals surface area contributed by atoms with Crippen molar-refractivity contribution in [3.05, 3.63) is 77.9 Å². The molecule has 2 rings (SSSR count). The lowest BCUT2D eigenvalue weighted by Gasteiger charge is -2.12. The summed E-state index contributed by atoms with van der Waals surface area (Å²) < 4.78 is 5.64. The van der Waals surface area contributed by atoms with Gasteiger partial charge in [-0.1, -0.05) is 60.7 Å². The highest BCUT2D eigenvalue weighted by Crippen LogP contribution is 2.24. The Morgan fingerprint density at radius 1 is 0.947 bits per heavy atom. The van der Waals surface area contributed by atoms with Crippen LogP contribution in [0.3, 0.4) is 0 Å². The molecule has 0 fully saturated rings. The first-order chi connectivity index (χ1) is 9.31. The Morgan fingerprint density at radius 2 is 1.42 bits per heavy atom. The van der Waals surface area contributed by atoms with E-state index in [4.69, 9.17) is 4.74 Å². The summed E-state index contributed by atoms with van der Waals surface area (Å²) in [6, 6.07) is 20.9. The van der Waals surface area contributed by atoms with Gasteiger partial charge in [-0.3, -0.25) is 0 Å². The fourth-order valence-electron chi connectivity index (χ4n) is 2.14. The quantitative estimate of drug-likeness (QED) is 0.759. The van der Waals surface area contributed by atoms with E-state index in [9.17, 15) is 0 Å². The largest absolute Gasteiger partial charge is 0.375 e. The third kappa shape index (κ3) is 3.80. The van der Waals surface area contributed by atoms with Crippen molar-refractivity contribution in [2.75, 3.05) is 6.61 Å². The maximum atomic E-state index is 5.64. The van der Waals surface area contributed by atoms with Crippen molar-refractivity contribution in [2.24, 2.45) is 0 Å². The van der Waals surface area contributed by atoms with E-state index in [0.29, 0.717) is 0 Å². The summed E-state index contributed by atoms with van der Waals surface area (Å²) in [7, 11) is 0. The molecule has 1 heteroatoms. The van der Waals surface area contributed by atoms with Gasteiger partial charge < -0.3 is 4.74 Å². The summed E-state index contributed by atoms with van der Waals surface area (Å²) in [4.78, 5) is 0.